The highest BCUT2D eigenvalue weighted by Gasteiger charge is 2.20. The second kappa shape index (κ2) is 27.6. The number of imidazole rings is 6. The molecule has 2 amide bonds. The molecule has 0 aliphatic carbocycles. The van der Waals surface area contributed by atoms with Gasteiger partial charge in [-0.15, -0.1) is 0 Å². The monoisotopic (exact) mass is 1130 g/mol. The molecule has 84 heavy (non-hydrogen) atoms. The Bertz CT molecular complexity index is 3480. The van der Waals surface area contributed by atoms with Crippen LogP contribution < -0.4 is 20.2 Å². The third-order valence-electron chi connectivity index (χ3n) is 12.8. The number of carboxylic acids is 2. The fourth-order valence-electron chi connectivity index (χ4n) is 9.00. The zero-order chi connectivity index (χ0) is 59.0. The van der Waals surface area contributed by atoms with Gasteiger partial charge in [0.15, 0.2) is 22.1 Å². The summed E-state index contributed by atoms with van der Waals surface area (Å²) in [4.78, 5) is 93.7. The number of carbonyl (C=O) groups excluding carboxylic acids is 4. The number of fused-ring (bicyclic) bond motifs is 6. The summed E-state index contributed by atoms with van der Waals surface area (Å²) in [6, 6.07) is 53.8. The molecular weight excluding hydrogens is 1060 g/mol. The molecule has 0 radical (unpaired) electrons. The van der Waals surface area contributed by atoms with Gasteiger partial charge in [0.2, 0.25) is 12.8 Å². The minimum atomic E-state index is -1.40. The number of aromatic amines is 8. The highest BCUT2D eigenvalue weighted by Crippen LogP contribution is 2.20. The summed E-state index contributed by atoms with van der Waals surface area (Å²) in [5.74, 6) is 3.04. The van der Waals surface area contributed by atoms with Crippen molar-refractivity contribution in [2.24, 2.45) is 0 Å². The molecule has 13 rings (SSSR count). The van der Waals surface area contributed by atoms with Crippen LogP contribution in [-0.4, -0.2) is 122 Å². The molecule has 8 N–H and O–H groups in total. The number of carboxylic acid groups (broad SMARTS) is 2. The summed E-state index contributed by atoms with van der Waals surface area (Å²) in [5.41, 5.74) is 12.2. The Morgan fingerprint density at radius 2 is 0.667 bits per heavy atom. The predicted octanol–water partition coefficient (Wildman–Crippen LogP) is 5.70. The third kappa shape index (κ3) is 15.7. The number of amides is 2. The molecule has 0 bridgehead atoms. The van der Waals surface area contributed by atoms with Crippen molar-refractivity contribution in [3.8, 4) is 0 Å². The lowest BCUT2D eigenvalue weighted by Crippen LogP contribution is -2.27. The standard InChI is InChI=1S/2C24H21N7.C8H6O4.2C3H7NO/c2*1-2-8-17-16(7-1)25-22(26-17)13-31(14-23-27-18-9-3-4-10-19(18)28-23)15-24-29-20-11-5-6-12-21(20)30-24;9-7(10)5-2-1-3-6(4-5)8(11)12;2*1-4(2)3-5/h2*1-12H,13-15H2,(H,25,26)(H,27,28)(H,29,30);1-4H,(H,9,10)(H,11,12);2*3H,1-2H3. The molecule has 0 unspecified atom stereocenters. The summed E-state index contributed by atoms with van der Waals surface area (Å²) < 4.78 is 0. The molecule has 6 heterocycles. The Balaban J connectivity index is 0.000000150. The summed E-state index contributed by atoms with van der Waals surface area (Å²) in [6.07, 6.45) is 1.50. The molecule has 0 saturated carbocycles. The van der Waals surface area contributed by atoms with Crippen LogP contribution in [0.25, 0.3) is 66.2 Å². The number of para-hydroxylation sites is 12. The lowest BCUT2D eigenvalue weighted by atomic mass is 10.1. The van der Waals surface area contributed by atoms with Crippen LogP contribution in [-0.2, 0) is 48.9 Å². The van der Waals surface area contributed by atoms with Gasteiger partial charge in [-0.2, -0.15) is 0 Å². The number of nitrogens with one attached hydrogen (secondary N) is 8. The normalized spacial score (nSPS) is 10.9. The lowest BCUT2D eigenvalue weighted by Gasteiger charge is -2.17. The van der Waals surface area contributed by atoms with Crippen molar-refractivity contribution < 1.29 is 39.4 Å². The van der Waals surface area contributed by atoms with Crippen molar-refractivity contribution in [3.05, 3.63) is 216 Å². The van der Waals surface area contributed by atoms with E-state index in [1.54, 1.807) is 28.2 Å². The van der Waals surface area contributed by atoms with Gasteiger partial charge in [-0.05, 0) is 90.0 Å². The van der Waals surface area contributed by atoms with E-state index in [2.05, 4.69) is 98.2 Å². The fraction of sp³-hybridized carbons (Fsp3) is 0.161. The molecule has 0 atom stereocenters. The van der Waals surface area contributed by atoms with Crippen molar-refractivity contribution in [2.45, 2.75) is 39.3 Å². The first kappa shape index (κ1) is 57.8. The van der Waals surface area contributed by atoms with Crippen LogP contribution in [0.5, 0.6) is 0 Å². The topological polar surface area (TPSA) is 302 Å². The molecule has 0 saturated heterocycles. The molecule has 0 spiro atoms. The van der Waals surface area contributed by atoms with Gasteiger partial charge in [-0.25, -0.2) is 39.9 Å². The van der Waals surface area contributed by atoms with E-state index in [9.17, 15) is 29.4 Å². The van der Waals surface area contributed by atoms with E-state index in [4.69, 9.17) is 19.9 Å². The number of carbonyl (C=O) groups is 4. The van der Waals surface area contributed by atoms with Gasteiger partial charge >= 0.3 is 0 Å². The van der Waals surface area contributed by atoms with E-state index >= 15 is 0 Å². The van der Waals surface area contributed by atoms with E-state index in [0.717, 1.165) is 120 Å². The van der Waals surface area contributed by atoms with Gasteiger partial charge in [0.1, 0.15) is 36.4 Å². The molecule has 426 valence electrons. The van der Waals surface area contributed by atoms with E-state index in [1.165, 1.54) is 28.0 Å². The largest absolute Gasteiger partial charge is 0.545 e. The summed E-state index contributed by atoms with van der Waals surface area (Å²) in [5, 5.41) is 20.5. The maximum Gasteiger partial charge on any atom is 0.267 e. The minimum absolute atomic E-state index is 0.170. The van der Waals surface area contributed by atoms with Crippen LogP contribution in [0.15, 0.2) is 170 Å². The van der Waals surface area contributed by atoms with Gasteiger partial charge < -0.3 is 49.5 Å². The Morgan fingerprint density at radius 1 is 0.393 bits per heavy atom. The minimum Gasteiger partial charge on any atom is -0.545 e. The molecule has 22 heteroatoms. The van der Waals surface area contributed by atoms with Gasteiger partial charge in [-0.1, -0.05) is 91.0 Å². The van der Waals surface area contributed by atoms with E-state index < -0.39 is 11.9 Å². The average Bonchev–Trinajstić information content (AvgIpc) is 4.58. The molecule has 6 aromatic heterocycles. The second-order valence-corrected chi connectivity index (χ2v) is 19.9. The highest BCUT2D eigenvalue weighted by atomic mass is 16.4. The van der Waals surface area contributed by atoms with Gasteiger partial charge in [0.25, 0.3) is 11.6 Å². The molecule has 0 aliphatic rings. The Hall–Kier alpha value is -10.8. The van der Waals surface area contributed by atoms with Crippen LogP contribution in [0.1, 0.15) is 55.7 Å². The van der Waals surface area contributed by atoms with Crippen molar-refractivity contribution in [1.29, 1.82) is 0 Å². The first-order valence-corrected chi connectivity index (χ1v) is 26.7. The number of hydrogen-bond acceptors (Lipinski definition) is 12. The van der Waals surface area contributed by atoms with Crippen LogP contribution >= 0.6 is 0 Å². The summed E-state index contributed by atoms with van der Waals surface area (Å²) >= 11 is 0. The van der Waals surface area contributed by atoms with Gasteiger partial charge in [0.05, 0.1) is 82.3 Å². The molecule has 0 fully saturated rings. The molecular formula is C62H62N16O6. The van der Waals surface area contributed by atoms with Crippen molar-refractivity contribution in [1.82, 2.24) is 69.4 Å². The SMILES string of the molecule is CN(C)C=O.CN(C)C=O.O=C([O-])c1cccc(C(=O)[O-])c1.c1ccc2[nH]c(CN(Cc3nc4ccccc4[nH]3)Cc3[nH]c4ccccc4[nH+]3)nc2c1.c1ccc2[nH]c(CN(Cc3nc4ccccc4[nH]3)Cc3[nH]c4ccccc4[nH+]3)nc2c1. The third-order valence-corrected chi connectivity index (χ3v) is 12.8. The molecule has 7 aromatic carbocycles. The van der Waals surface area contributed by atoms with E-state index in [0.29, 0.717) is 39.3 Å². The zero-order valence-electron chi connectivity index (χ0n) is 46.6. The second-order valence-electron chi connectivity index (χ2n) is 19.9. The number of aromatic nitrogens is 12. The van der Waals surface area contributed by atoms with Crippen LogP contribution in [0, 0.1) is 0 Å². The Morgan fingerprint density at radius 3 is 0.929 bits per heavy atom. The number of benzene rings is 7. The Labute approximate surface area is 481 Å². The fourth-order valence-corrected chi connectivity index (χ4v) is 9.00. The van der Waals surface area contributed by atoms with Crippen molar-refractivity contribution in [3.63, 3.8) is 0 Å². The molecule has 0 aliphatic heterocycles. The number of aromatic carboxylic acids is 2. The number of rotatable bonds is 16. The molecule has 13 aromatic rings. The van der Waals surface area contributed by atoms with Crippen LogP contribution in [0.4, 0.5) is 0 Å². The number of nitrogens with zero attached hydrogens (tertiary/aromatic N) is 8. The summed E-state index contributed by atoms with van der Waals surface area (Å²) in [7, 11) is 6.75. The number of hydrogen-bond donors (Lipinski definition) is 6. The van der Waals surface area contributed by atoms with Gasteiger partial charge in [0, 0.05) is 28.2 Å². The maximum atomic E-state index is 10.3. The predicted molar refractivity (Wildman–Crippen MR) is 315 cm³/mol. The highest BCUT2D eigenvalue weighted by molar-refractivity contribution is 5.92. The van der Waals surface area contributed by atoms with Crippen molar-refractivity contribution >= 4 is 91.0 Å². The van der Waals surface area contributed by atoms with Crippen molar-refractivity contribution in [2.75, 3.05) is 28.2 Å². The van der Waals surface area contributed by atoms with E-state index in [-0.39, 0.29) is 11.1 Å². The lowest BCUT2D eigenvalue weighted by molar-refractivity contribution is -0.361. The Kier molecular flexibility index (Phi) is 19.0. The first-order valence-electron chi connectivity index (χ1n) is 26.7. The van der Waals surface area contributed by atoms with Gasteiger partial charge in [-0.3, -0.25) is 19.4 Å². The number of H-pyrrole nitrogens is 8. The van der Waals surface area contributed by atoms with Crippen LogP contribution in [0.2, 0.25) is 0 Å². The van der Waals surface area contributed by atoms with Crippen LogP contribution in [0.3, 0.4) is 0 Å². The first-order chi connectivity index (χ1) is 40.7. The smallest absolute Gasteiger partial charge is 0.267 e. The molecule has 22 nitrogen and oxygen atoms in total. The summed E-state index contributed by atoms with van der Waals surface area (Å²) in [6.45, 7) is 4.12. The zero-order valence-corrected chi connectivity index (χ0v) is 46.6. The average molecular weight is 1130 g/mol. The van der Waals surface area contributed by atoms with E-state index in [1.807, 2.05) is 97.1 Å². The quantitative estimate of drug-likeness (QED) is 0.0636. The maximum absolute atomic E-state index is 10.3.